The molecule has 0 aliphatic carbocycles. The van der Waals surface area contributed by atoms with Crippen molar-refractivity contribution in [1.29, 1.82) is 0 Å². The van der Waals surface area contributed by atoms with Crippen molar-refractivity contribution in [3.8, 4) is 0 Å². The Labute approximate surface area is 87.3 Å². The molecule has 0 N–H and O–H groups in total. The molecular weight excluding hydrogens is 233 g/mol. The lowest BCUT2D eigenvalue weighted by Gasteiger charge is -2.00. The molecule has 14 heavy (non-hydrogen) atoms. The Balaban J connectivity index is 3.03. The van der Waals surface area contributed by atoms with Crippen LogP contribution >= 0.6 is 23.1 Å². The van der Waals surface area contributed by atoms with E-state index >= 15 is 0 Å². The molecular formula is C8H7F3OS2. The summed E-state index contributed by atoms with van der Waals surface area (Å²) in [5.41, 5.74) is 0.718. The van der Waals surface area contributed by atoms with Crippen molar-refractivity contribution in [2.75, 3.05) is 6.26 Å². The number of thioether (sulfide) groups is 1. The van der Waals surface area contributed by atoms with E-state index < -0.39 is 12.0 Å². The van der Waals surface area contributed by atoms with Gasteiger partial charge in [-0.2, -0.15) is 13.2 Å². The Bertz CT molecular complexity index is 354. The molecule has 1 nitrogen and oxygen atoms in total. The zero-order valence-electron chi connectivity index (χ0n) is 7.44. The van der Waals surface area contributed by atoms with Crippen LogP contribution in [0.5, 0.6) is 0 Å². The second kappa shape index (κ2) is 3.94. The molecule has 6 heteroatoms. The highest BCUT2D eigenvalue weighted by Gasteiger charge is 2.40. The van der Waals surface area contributed by atoms with Crippen LogP contribution in [0.15, 0.2) is 10.3 Å². The molecule has 1 rings (SSSR count). The summed E-state index contributed by atoms with van der Waals surface area (Å²) in [4.78, 5) is 10.6. The van der Waals surface area contributed by atoms with Gasteiger partial charge in [0, 0.05) is 0 Å². The minimum absolute atomic E-state index is 0.237. The standard InChI is InChI=1S/C8H7F3OS2/c1-4-3-5(14-7(4)13-2)6(12)8(9,10)11/h3H,1-2H3. The van der Waals surface area contributed by atoms with Gasteiger partial charge in [0.25, 0.3) is 5.78 Å². The van der Waals surface area contributed by atoms with Gasteiger partial charge in [-0.05, 0) is 24.8 Å². The summed E-state index contributed by atoms with van der Waals surface area (Å²) in [7, 11) is 0. The number of thiophene rings is 1. The molecule has 0 atom stereocenters. The summed E-state index contributed by atoms with van der Waals surface area (Å²) in [6, 6.07) is 1.28. The van der Waals surface area contributed by atoms with Gasteiger partial charge in [-0.1, -0.05) is 0 Å². The number of carbonyl (C=O) groups excluding carboxylic acids is 1. The van der Waals surface area contributed by atoms with Crippen LogP contribution in [0.4, 0.5) is 13.2 Å². The zero-order chi connectivity index (χ0) is 10.9. The Morgan fingerprint density at radius 2 is 2.07 bits per heavy atom. The smallest absolute Gasteiger partial charge is 0.283 e. The van der Waals surface area contributed by atoms with Crippen molar-refractivity contribution in [1.82, 2.24) is 0 Å². The molecule has 0 aliphatic heterocycles. The number of rotatable bonds is 2. The van der Waals surface area contributed by atoms with E-state index in [0.717, 1.165) is 21.1 Å². The van der Waals surface area contributed by atoms with Crippen LogP contribution < -0.4 is 0 Å². The van der Waals surface area contributed by atoms with Crippen LogP contribution in [-0.2, 0) is 0 Å². The molecule has 0 amide bonds. The lowest BCUT2D eigenvalue weighted by atomic mass is 10.3. The first kappa shape index (κ1) is 11.6. The maximum Gasteiger partial charge on any atom is 0.455 e. The molecule has 0 radical (unpaired) electrons. The monoisotopic (exact) mass is 240 g/mol. The van der Waals surface area contributed by atoms with Crippen LogP contribution in [0.25, 0.3) is 0 Å². The number of aryl methyl sites for hydroxylation is 1. The van der Waals surface area contributed by atoms with E-state index in [4.69, 9.17) is 0 Å². The molecule has 78 valence electrons. The molecule has 0 saturated heterocycles. The fourth-order valence-corrected chi connectivity index (χ4v) is 2.77. The van der Waals surface area contributed by atoms with Crippen molar-refractivity contribution >= 4 is 28.9 Å². The van der Waals surface area contributed by atoms with Gasteiger partial charge in [0.1, 0.15) is 0 Å². The first-order chi connectivity index (χ1) is 6.36. The fourth-order valence-electron chi connectivity index (χ4n) is 0.920. The lowest BCUT2D eigenvalue weighted by molar-refractivity contribution is -0.0882. The summed E-state index contributed by atoms with van der Waals surface area (Å²) in [5.74, 6) is -1.76. The number of hydrogen-bond acceptors (Lipinski definition) is 3. The van der Waals surface area contributed by atoms with Gasteiger partial charge < -0.3 is 0 Å². The highest BCUT2D eigenvalue weighted by molar-refractivity contribution is 8.00. The normalized spacial score (nSPS) is 11.8. The summed E-state index contributed by atoms with van der Waals surface area (Å²) in [5, 5.41) is 0. The molecule has 0 unspecified atom stereocenters. The Morgan fingerprint density at radius 1 is 1.50 bits per heavy atom. The number of carbonyl (C=O) groups is 1. The largest absolute Gasteiger partial charge is 0.455 e. The molecule has 0 bridgehead atoms. The summed E-state index contributed by atoms with van der Waals surface area (Å²) < 4.78 is 36.8. The molecule has 0 aliphatic rings. The molecule has 0 aromatic carbocycles. The van der Waals surface area contributed by atoms with Crippen molar-refractivity contribution < 1.29 is 18.0 Å². The zero-order valence-corrected chi connectivity index (χ0v) is 9.07. The molecule has 0 fully saturated rings. The van der Waals surface area contributed by atoms with Crippen molar-refractivity contribution in [3.63, 3.8) is 0 Å². The second-order valence-electron chi connectivity index (χ2n) is 2.61. The Hall–Kier alpha value is -0.490. The number of ketones is 1. The third-order valence-corrected chi connectivity index (χ3v) is 4.01. The SMILES string of the molecule is CSc1sc(C(=O)C(F)(F)F)cc1C. The quantitative estimate of drug-likeness (QED) is 0.581. The first-order valence-corrected chi connectivity index (χ1v) is 5.66. The van der Waals surface area contributed by atoms with Crippen LogP contribution in [-0.4, -0.2) is 18.2 Å². The molecule has 1 aromatic rings. The highest BCUT2D eigenvalue weighted by Crippen LogP contribution is 2.33. The minimum atomic E-state index is -4.77. The summed E-state index contributed by atoms with van der Waals surface area (Å²) in [6.07, 6.45) is -3.01. The average Bonchev–Trinajstić information content (AvgIpc) is 2.43. The lowest BCUT2D eigenvalue weighted by Crippen LogP contribution is -2.21. The predicted molar refractivity (Wildman–Crippen MR) is 51.2 cm³/mol. The third-order valence-electron chi connectivity index (χ3n) is 1.54. The number of Topliss-reactive ketones (excluding diaryl/α,β-unsaturated/α-hetero) is 1. The first-order valence-electron chi connectivity index (χ1n) is 3.62. The molecule has 0 saturated carbocycles. The van der Waals surface area contributed by atoms with E-state index in [1.807, 2.05) is 0 Å². The van der Waals surface area contributed by atoms with E-state index in [0.29, 0.717) is 0 Å². The van der Waals surface area contributed by atoms with Crippen molar-refractivity contribution in [2.24, 2.45) is 0 Å². The molecule has 1 aromatic heterocycles. The fraction of sp³-hybridized carbons (Fsp3) is 0.375. The van der Waals surface area contributed by atoms with Crippen LogP contribution in [0.1, 0.15) is 15.2 Å². The van der Waals surface area contributed by atoms with Crippen LogP contribution in [0.2, 0.25) is 0 Å². The average molecular weight is 240 g/mol. The summed E-state index contributed by atoms with van der Waals surface area (Å²) >= 11 is 2.23. The van der Waals surface area contributed by atoms with Gasteiger partial charge in [-0.25, -0.2) is 0 Å². The van der Waals surface area contributed by atoms with Gasteiger partial charge in [0.05, 0.1) is 9.09 Å². The Morgan fingerprint density at radius 3 is 2.43 bits per heavy atom. The Kier molecular flexibility index (Phi) is 3.26. The van der Waals surface area contributed by atoms with Gasteiger partial charge in [-0.15, -0.1) is 23.1 Å². The molecule has 0 spiro atoms. The topological polar surface area (TPSA) is 17.1 Å². The second-order valence-corrected chi connectivity index (χ2v) is 4.74. The molecule has 1 heterocycles. The maximum absolute atomic E-state index is 12.0. The predicted octanol–water partition coefficient (Wildman–Crippen LogP) is 3.52. The number of alkyl halides is 3. The van der Waals surface area contributed by atoms with Gasteiger partial charge >= 0.3 is 6.18 Å². The van der Waals surface area contributed by atoms with E-state index in [9.17, 15) is 18.0 Å². The van der Waals surface area contributed by atoms with Gasteiger partial charge in [-0.3, -0.25) is 4.79 Å². The van der Waals surface area contributed by atoms with Gasteiger partial charge in [0.15, 0.2) is 0 Å². The third kappa shape index (κ3) is 2.30. The van der Waals surface area contributed by atoms with E-state index in [1.165, 1.54) is 17.8 Å². The van der Waals surface area contributed by atoms with Crippen LogP contribution in [0.3, 0.4) is 0 Å². The van der Waals surface area contributed by atoms with E-state index in [-0.39, 0.29) is 4.88 Å². The maximum atomic E-state index is 12.0. The highest BCUT2D eigenvalue weighted by atomic mass is 32.2. The van der Waals surface area contributed by atoms with Crippen molar-refractivity contribution in [2.45, 2.75) is 17.3 Å². The minimum Gasteiger partial charge on any atom is -0.283 e. The van der Waals surface area contributed by atoms with Gasteiger partial charge in [0.2, 0.25) is 0 Å². The van der Waals surface area contributed by atoms with E-state index in [2.05, 4.69) is 0 Å². The van der Waals surface area contributed by atoms with Crippen molar-refractivity contribution in [3.05, 3.63) is 16.5 Å². The van der Waals surface area contributed by atoms with Crippen LogP contribution in [0, 0.1) is 6.92 Å². The summed E-state index contributed by atoms with van der Waals surface area (Å²) in [6.45, 7) is 1.69. The number of halogens is 3. The number of hydrogen-bond donors (Lipinski definition) is 0. The van der Waals surface area contributed by atoms with E-state index in [1.54, 1.807) is 13.2 Å².